The molecule has 0 aliphatic heterocycles. The van der Waals surface area contributed by atoms with Gasteiger partial charge in [0, 0.05) is 31.7 Å². The van der Waals surface area contributed by atoms with Crippen molar-refractivity contribution in [3.63, 3.8) is 0 Å². The summed E-state index contributed by atoms with van der Waals surface area (Å²) in [6.07, 6.45) is 0.655. The maximum Gasteiger partial charge on any atom is 0.403 e. The third-order valence-corrected chi connectivity index (χ3v) is 1.19. The van der Waals surface area contributed by atoms with Gasteiger partial charge in [-0.25, -0.2) is 4.79 Å². The Labute approximate surface area is 76.7 Å². The molecule has 0 spiro atoms. The average Bonchev–Trinajstić information content (AvgIpc) is 2.02. The molecule has 0 aromatic heterocycles. The van der Waals surface area contributed by atoms with E-state index in [9.17, 15) is 4.79 Å². The first kappa shape index (κ1) is 11.7. The van der Waals surface area contributed by atoms with Gasteiger partial charge in [0.2, 0.25) is 0 Å². The fourth-order valence-electron chi connectivity index (χ4n) is 0.558. The van der Waals surface area contributed by atoms with Crippen LogP contribution < -0.4 is 0 Å². The van der Waals surface area contributed by atoms with Gasteiger partial charge >= 0.3 is 5.43 Å². The lowest BCUT2D eigenvalue weighted by Gasteiger charge is -2.02. The fourth-order valence-corrected chi connectivity index (χ4v) is 0.635. The molecule has 0 N–H and O–H groups in total. The predicted molar refractivity (Wildman–Crippen MR) is 44.5 cm³/mol. The maximum absolute atomic E-state index is 10.1. The second kappa shape index (κ2) is 8.77. The number of hydrogen-bond acceptors (Lipinski definition) is 4. The largest absolute Gasteiger partial charge is 0.454 e. The number of carbonyl (C=O) groups is 1. The monoisotopic (exact) mass is 196 g/mol. The highest BCUT2D eigenvalue weighted by atomic mass is 35.5. The molecule has 0 bridgehead atoms. The van der Waals surface area contributed by atoms with Crippen molar-refractivity contribution in [2.24, 2.45) is 0 Å². The van der Waals surface area contributed by atoms with Crippen LogP contribution in [-0.2, 0) is 14.2 Å². The molecule has 4 nitrogen and oxygen atoms in total. The lowest BCUT2D eigenvalue weighted by molar-refractivity contribution is 0.0616. The highest BCUT2D eigenvalue weighted by Crippen LogP contribution is 1.90. The van der Waals surface area contributed by atoms with Gasteiger partial charge in [-0.05, 0) is 0 Å². The van der Waals surface area contributed by atoms with Crippen LogP contribution in [0.3, 0.4) is 0 Å². The Hall–Kier alpha value is -0.320. The van der Waals surface area contributed by atoms with Gasteiger partial charge < -0.3 is 14.2 Å². The first-order valence-electron chi connectivity index (χ1n) is 3.66. The summed E-state index contributed by atoms with van der Waals surface area (Å²) in [4.78, 5) is 10.1. The highest BCUT2D eigenvalue weighted by Gasteiger charge is 1.94. The van der Waals surface area contributed by atoms with E-state index >= 15 is 0 Å². The molecule has 0 unspecified atom stereocenters. The first-order valence-corrected chi connectivity index (χ1v) is 4.04. The molecule has 0 aliphatic carbocycles. The summed E-state index contributed by atoms with van der Waals surface area (Å²) >= 11 is 4.92. The van der Waals surface area contributed by atoms with Crippen LogP contribution in [0, 0.1) is 0 Å². The lowest BCUT2D eigenvalue weighted by Crippen LogP contribution is -2.06. The molecule has 0 atom stereocenters. The maximum atomic E-state index is 10.1. The van der Waals surface area contributed by atoms with Gasteiger partial charge in [0.1, 0.15) is 0 Å². The van der Waals surface area contributed by atoms with E-state index in [4.69, 9.17) is 21.1 Å². The van der Waals surface area contributed by atoms with Crippen LogP contribution in [0.25, 0.3) is 0 Å². The van der Waals surface area contributed by atoms with Crippen molar-refractivity contribution in [3.8, 4) is 0 Å². The molecule has 0 aromatic rings. The number of hydrogen-bond donors (Lipinski definition) is 0. The van der Waals surface area contributed by atoms with Gasteiger partial charge in [0.05, 0.1) is 19.8 Å². The summed E-state index contributed by atoms with van der Waals surface area (Å²) in [5.74, 6) is 0. The van der Waals surface area contributed by atoms with E-state index in [0.29, 0.717) is 32.8 Å². The lowest BCUT2D eigenvalue weighted by atomic mass is 10.5. The van der Waals surface area contributed by atoms with Crippen LogP contribution in [0.2, 0.25) is 0 Å². The van der Waals surface area contributed by atoms with Gasteiger partial charge in [0.25, 0.3) is 0 Å². The summed E-state index contributed by atoms with van der Waals surface area (Å²) in [6, 6.07) is 0. The molecular formula is C7H13ClO4. The summed E-state index contributed by atoms with van der Waals surface area (Å²) in [6.45, 7) is 1.99. The SMILES string of the molecule is COCCOCCCOC(=O)Cl. The molecule has 72 valence electrons. The van der Waals surface area contributed by atoms with Crippen molar-refractivity contribution in [2.75, 3.05) is 33.5 Å². The zero-order valence-electron chi connectivity index (χ0n) is 7.05. The van der Waals surface area contributed by atoms with E-state index in [1.165, 1.54) is 0 Å². The molecule has 0 saturated carbocycles. The number of halogens is 1. The number of ether oxygens (including phenoxy) is 3. The van der Waals surface area contributed by atoms with Crippen LogP contribution in [0.5, 0.6) is 0 Å². The van der Waals surface area contributed by atoms with Crippen molar-refractivity contribution in [1.29, 1.82) is 0 Å². The summed E-state index contributed by atoms with van der Waals surface area (Å²) < 4.78 is 14.3. The Morgan fingerprint density at radius 3 is 2.58 bits per heavy atom. The van der Waals surface area contributed by atoms with Crippen molar-refractivity contribution in [2.45, 2.75) is 6.42 Å². The number of rotatable bonds is 7. The topological polar surface area (TPSA) is 44.8 Å². The molecule has 0 aromatic carbocycles. The highest BCUT2D eigenvalue weighted by molar-refractivity contribution is 6.61. The quantitative estimate of drug-likeness (QED) is 0.456. The second-order valence-corrected chi connectivity index (χ2v) is 2.35. The Morgan fingerprint density at radius 2 is 2.00 bits per heavy atom. The minimum atomic E-state index is -0.771. The van der Waals surface area contributed by atoms with Crippen molar-refractivity contribution >= 4 is 17.0 Å². The third kappa shape index (κ3) is 9.68. The van der Waals surface area contributed by atoms with Gasteiger partial charge in [-0.2, -0.15) is 0 Å². The Balaban J connectivity index is 2.86. The van der Waals surface area contributed by atoms with Gasteiger partial charge in [-0.15, -0.1) is 0 Å². The molecule has 12 heavy (non-hydrogen) atoms. The van der Waals surface area contributed by atoms with Crippen molar-refractivity contribution in [1.82, 2.24) is 0 Å². The summed E-state index contributed by atoms with van der Waals surface area (Å²) in [5.41, 5.74) is -0.771. The predicted octanol–water partition coefficient (Wildman–Crippen LogP) is 1.41. The van der Waals surface area contributed by atoms with E-state index in [1.54, 1.807) is 7.11 Å². The molecular weight excluding hydrogens is 184 g/mol. The van der Waals surface area contributed by atoms with E-state index in [2.05, 4.69) is 4.74 Å². The Morgan fingerprint density at radius 1 is 1.25 bits per heavy atom. The first-order chi connectivity index (χ1) is 5.77. The molecule has 0 amide bonds. The van der Waals surface area contributed by atoms with Crippen LogP contribution in [-0.4, -0.2) is 39.0 Å². The van der Waals surface area contributed by atoms with Crippen LogP contribution >= 0.6 is 11.6 Å². The smallest absolute Gasteiger partial charge is 0.403 e. The van der Waals surface area contributed by atoms with E-state index in [0.717, 1.165) is 0 Å². The van der Waals surface area contributed by atoms with Crippen molar-refractivity contribution in [3.05, 3.63) is 0 Å². The van der Waals surface area contributed by atoms with Gasteiger partial charge in [0.15, 0.2) is 0 Å². The Kier molecular flexibility index (Phi) is 8.54. The molecule has 5 heteroatoms. The van der Waals surface area contributed by atoms with E-state index in [1.807, 2.05) is 0 Å². The minimum Gasteiger partial charge on any atom is -0.454 e. The molecule has 0 rings (SSSR count). The molecule has 0 radical (unpaired) electrons. The summed E-state index contributed by atoms with van der Waals surface area (Å²) in [5, 5.41) is 0. The van der Waals surface area contributed by atoms with E-state index in [-0.39, 0.29) is 0 Å². The summed E-state index contributed by atoms with van der Waals surface area (Å²) in [7, 11) is 1.61. The van der Waals surface area contributed by atoms with Crippen LogP contribution in [0.15, 0.2) is 0 Å². The van der Waals surface area contributed by atoms with Crippen LogP contribution in [0.1, 0.15) is 6.42 Å². The van der Waals surface area contributed by atoms with Crippen LogP contribution in [0.4, 0.5) is 4.79 Å². The number of carbonyl (C=O) groups excluding carboxylic acids is 1. The molecule has 0 fully saturated rings. The van der Waals surface area contributed by atoms with Gasteiger partial charge in [-0.3, -0.25) is 0 Å². The normalized spacial score (nSPS) is 9.83. The average molecular weight is 197 g/mol. The standard InChI is InChI=1S/C7H13ClO4/c1-10-5-6-11-3-2-4-12-7(8)9/h2-6H2,1H3. The second-order valence-electron chi connectivity index (χ2n) is 2.04. The molecule has 0 heterocycles. The van der Waals surface area contributed by atoms with E-state index < -0.39 is 5.43 Å². The van der Waals surface area contributed by atoms with Crippen molar-refractivity contribution < 1.29 is 19.0 Å². The third-order valence-electron chi connectivity index (χ3n) is 1.08. The Bertz CT molecular complexity index is 118. The zero-order valence-corrected chi connectivity index (χ0v) is 7.80. The molecule has 0 saturated heterocycles. The van der Waals surface area contributed by atoms with Gasteiger partial charge in [-0.1, -0.05) is 0 Å². The molecule has 0 aliphatic rings. The number of methoxy groups -OCH3 is 1. The minimum absolute atomic E-state index is 0.301. The zero-order chi connectivity index (χ0) is 9.23. The fraction of sp³-hybridized carbons (Fsp3) is 0.857.